The molecule has 2 aromatic carbocycles. The quantitative estimate of drug-likeness (QED) is 0.869. The Balaban J connectivity index is 1.46. The van der Waals surface area contributed by atoms with Crippen LogP contribution in [0.2, 0.25) is 0 Å². The lowest BCUT2D eigenvalue weighted by Gasteiger charge is -2.32. The molecule has 1 atom stereocenters. The van der Waals surface area contributed by atoms with E-state index in [2.05, 4.69) is 30.3 Å². The number of piperidine rings is 1. The molecule has 3 rings (SSSR count). The molecule has 2 nitrogen and oxygen atoms in total. The van der Waals surface area contributed by atoms with Gasteiger partial charge in [0, 0.05) is 19.3 Å². The van der Waals surface area contributed by atoms with Crippen molar-refractivity contribution in [3.8, 4) is 0 Å². The third-order valence-corrected chi connectivity index (χ3v) is 4.94. The molecule has 0 spiro atoms. The predicted octanol–water partition coefficient (Wildman–Crippen LogP) is 2.26. The van der Waals surface area contributed by atoms with Crippen LogP contribution < -0.4 is 4.90 Å². The Morgan fingerprint density at radius 2 is 1.50 bits per heavy atom. The van der Waals surface area contributed by atoms with E-state index in [-0.39, 0.29) is 6.10 Å². The predicted molar refractivity (Wildman–Crippen MR) is 89.8 cm³/mol. The maximum atomic E-state index is 10.5. The highest BCUT2D eigenvalue weighted by Crippen LogP contribution is 2.27. The summed E-state index contributed by atoms with van der Waals surface area (Å²) in [5, 5.41) is 10.5. The Bertz CT molecular complexity index is 546. The van der Waals surface area contributed by atoms with Crippen LogP contribution in [0, 0.1) is 5.92 Å². The van der Waals surface area contributed by atoms with E-state index in [0.717, 1.165) is 24.8 Å². The van der Waals surface area contributed by atoms with Gasteiger partial charge in [0.1, 0.15) is 0 Å². The standard InChI is InChI=1S/C20H25NO/c22-20(18-9-5-2-6-10-18)19-12-15-21(16-13-19)14-11-17-7-3-1-4-8-17/h1-10,19-20,22H,11-16H2/p+1/t20-/m1/s1. The van der Waals surface area contributed by atoms with Crippen LogP contribution in [0.5, 0.6) is 0 Å². The molecule has 1 aliphatic rings. The zero-order chi connectivity index (χ0) is 15.2. The van der Waals surface area contributed by atoms with Gasteiger partial charge in [0.2, 0.25) is 0 Å². The number of benzene rings is 2. The van der Waals surface area contributed by atoms with Crippen LogP contribution in [0.3, 0.4) is 0 Å². The van der Waals surface area contributed by atoms with Gasteiger partial charge in [-0.1, -0.05) is 60.7 Å². The van der Waals surface area contributed by atoms with Crippen LogP contribution >= 0.6 is 0 Å². The molecule has 2 N–H and O–H groups in total. The van der Waals surface area contributed by atoms with E-state index in [0.29, 0.717) is 5.92 Å². The molecule has 2 heteroatoms. The van der Waals surface area contributed by atoms with Gasteiger partial charge < -0.3 is 10.0 Å². The van der Waals surface area contributed by atoms with Gasteiger partial charge in [0.05, 0.1) is 25.7 Å². The van der Waals surface area contributed by atoms with Crippen molar-refractivity contribution in [1.82, 2.24) is 0 Å². The average molecular weight is 296 g/mol. The zero-order valence-corrected chi connectivity index (χ0v) is 13.1. The first-order valence-electron chi connectivity index (χ1n) is 8.43. The lowest BCUT2D eigenvalue weighted by atomic mass is 9.87. The van der Waals surface area contributed by atoms with Gasteiger partial charge in [-0.2, -0.15) is 0 Å². The van der Waals surface area contributed by atoms with Crippen LogP contribution in [-0.2, 0) is 6.42 Å². The molecule has 22 heavy (non-hydrogen) atoms. The first kappa shape index (κ1) is 15.3. The first-order chi connectivity index (χ1) is 10.8. The largest absolute Gasteiger partial charge is 0.388 e. The molecule has 0 aliphatic carbocycles. The van der Waals surface area contributed by atoms with Crippen molar-refractivity contribution in [1.29, 1.82) is 0 Å². The van der Waals surface area contributed by atoms with E-state index in [1.807, 2.05) is 30.3 Å². The van der Waals surface area contributed by atoms with Crippen LogP contribution in [0.25, 0.3) is 0 Å². The molecule has 1 fully saturated rings. The van der Waals surface area contributed by atoms with E-state index in [4.69, 9.17) is 0 Å². The van der Waals surface area contributed by atoms with Crippen molar-refractivity contribution < 1.29 is 10.0 Å². The third kappa shape index (κ3) is 3.96. The number of nitrogens with one attached hydrogen (secondary N) is 1. The number of aliphatic hydroxyl groups excluding tert-OH is 1. The van der Waals surface area contributed by atoms with Gasteiger partial charge in [0.25, 0.3) is 0 Å². The van der Waals surface area contributed by atoms with Crippen molar-refractivity contribution in [3.63, 3.8) is 0 Å². The number of aliphatic hydroxyl groups is 1. The summed E-state index contributed by atoms with van der Waals surface area (Å²) in [6.45, 7) is 3.57. The molecule has 0 unspecified atom stereocenters. The Kier molecular flexibility index (Phi) is 5.25. The summed E-state index contributed by atoms with van der Waals surface area (Å²) in [4.78, 5) is 1.68. The molecule has 116 valence electrons. The third-order valence-electron chi connectivity index (χ3n) is 4.94. The highest BCUT2D eigenvalue weighted by Gasteiger charge is 2.28. The van der Waals surface area contributed by atoms with E-state index in [1.54, 1.807) is 4.90 Å². The molecule has 0 radical (unpaired) electrons. The number of hydrogen-bond acceptors (Lipinski definition) is 1. The Labute approximate surface area is 133 Å². The minimum Gasteiger partial charge on any atom is -0.388 e. The molecule has 1 saturated heterocycles. The minimum atomic E-state index is -0.295. The smallest absolute Gasteiger partial charge is 0.0822 e. The number of likely N-dealkylation sites (tertiary alicyclic amines) is 1. The zero-order valence-electron chi connectivity index (χ0n) is 13.1. The van der Waals surface area contributed by atoms with Crippen LogP contribution in [0.4, 0.5) is 0 Å². The van der Waals surface area contributed by atoms with Gasteiger partial charge in [-0.25, -0.2) is 0 Å². The minimum absolute atomic E-state index is 0.295. The molecule has 1 heterocycles. The van der Waals surface area contributed by atoms with Crippen LogP contribution in [-0.4, -0.2) is 24.7 Å². The molecule has 1 aliphatic heterocycles. The van der Waals surface area contributed by atoms with Gasteiger partial charge in [-0.15, -0.1) is 0 Å². The Morgan fingerprint density at radius 3 is 2.14 bits per heavy atom. The second-order valence-corrected chi connectivity index (χ2v) is 6.43. The second kappa shape index (κ2) is 7.57. The Morgan fingerprint density at radius 1 is 0.909 bits per heavy atom. The topological polar surface area (TPSA) is 24.7 Å². The highest BCUT2D eigenvalue weighted by molar-refractivity contribution is 5.18. The SMILES string of the molecule is O[C@H](c1ccccc1)C1CC[NH+](CCc2ccccc2)CC1. The number of hydrogen-bond donors (Lipinski definition) is 2. The molecule has 0 saturated carbocycles. The summed E-state index contributed by atoms with van der Waals surface area (Å²) in [6.07, 6.45) is 3.11. The molecule has 0 amide bonds. The van der Waals surface area contributed by atoms with Gasteiger partial charge >= 0.3 is 0 Å². The molecular weight excluding hydrogens is 270 g/mol. The van der Waals surface area contributed by atoms with Crippen molar-refractivity contribution in [2.45, 2.75) is 25.4 Å². The number of rotatable bonds is 5. The fourth-order valence-electron chi connectivity index (χ4n) is 3.50. The monoisotopic (exact) mass is 296 g/mol. The summed E-state index contributed by atoms with van der Waals surface area (Å²) in [5.41, 5.74) is 2.50. The molecule has 2 aromatic rings. The van der Waals surface area contributed by atoms with Crippen molar-refractivity contribution in [2.75, 3.05) is 19.6 Å². The first-order valence-corrected chi connectivity index (χ1v) is 8.43. The lowest BCUT2D eigenvalue weighted by Crippen LogP contribution is -3.13. The summed E-state index contributed by atoms with van der Waals surface area (Å²) in [7, 11) is 0. The van der Waals surface area contributed by atoms with E-state index < -0.39 is 0 Å². The van der Waals surface area contributed by atoms with Gasteiger partial charge in [-0.05, 0) is 17.0 Å². The fourth-order valence-corrected chi connectivity index (χ4v) is 3.50. The van der Waals surface area contributed by atoms with Crippen LogP contribution in [0.1, 0.15) is 30.1 Å². The molecule has 0 aromatic heterocycles. The van der Waals surface area contributed by atoms with E-state index in [1.165, 1.54) is 25.2 Å². The van der Waals surface area contributed by atoms with Crippen LogP contribution in [0.15, 0.2) is 60.7 Å². The van der Waals surface area contributed by atoms with E-state index in [9.17, 15) is 5.11 Å². The summed E-state index contributed by atoms with van der Waals surface area (Å²) in [5.74, 6) is 0.419. The average Bonchev–Trinajstić information content (AvgIpc) is 2.61. The van der Waals surface area contributed by atoms with E-state index >= 15 is 0 Å². The molecular formula is C20H26NO+. The van der Waals surface area contributed by atoms with Crippen molar-refractivity contribution in [2.24, 2.45) is 5.92 Å². The van der Waals surface area contributed by atoms with Crippen molar-refractivity contribution in [3.05, 3.63) is 71.8 Å². The Hall–Kier alpha value is -1.64. The number of quaternary nitrogens is 1. The van der Waals surface area contributed by atoms with Gasteiger partial charge in [-0.3, -0.25) is 0 Å². The molecule has 0 bridgehead atoms. The maximum absolute atomic E-state index is 10.5. The summed E-state index contributed by atoms with van der Waals surface area (Å²) in [6, 6.07) is 20.9. The highest BCUT2D eigenvalue weighted by atomic mass is 16.3. The normalized spacial score (nSPS) is 23.1. The lowest BCUT2D eigenvalue weighted by molar-refractivity contribution is -0.906. The van der Waals surface area contributed by atoms with Crippen molar-refractivity contribution >= 4 is 0 Å². The summed E-state index contributed by atoms with van der Waals surface area (Å²) < 4.78 is 0. The fraction of sp³-hybridized carbons (Fsp3) is 0.400. The summed E-state index contributed by atoms with van der Waals surface area (Å²) >= 11 is 0. The van der Waals surface area contributed by atoms with Gasteiger partial charge in [0.15, 0.2) is 0 Å². The maximum Gasteiger partial charge on any atom is 0.0822 e. The second-order valence-electron chi connectivity index (χ2n) is 6.43.